The van der Waals surface area contributed by atoms with Crippen molar-refractivity contribution in [2.45, 2.75) is 19.4 Å². The highest BCUT2D eigenvalue weighted by molar-refractivity contribution is 7.09. The van der Waals surface area contributed by atoms with E-state index in [4.69, 9.17) is 4.42 Å². The number of rotatable bonds is 8. The summed E-state index contributed by atoms with van der Waals surface area (Å²) in [7, 11) is 0. The molecule has 0 bridgehead atoms. The first-order chi connectivity index (χ1) is 12.3. The highest BCUT2D eigenvalue weighted by Gasteiger charge is 2.15. The molecule has 1 N–H and O–H groups in total. The van der Waals surface area contributed by atoms with Gasteiger partial charge >= 0.3 is 6.03 Å². The lowest BCUT2D eigenvalue weighted by atomic mass is 10.1. The van der Waals surface area contributed by atoms with E-state index in [9.17, 15) is 4.79 Å². The molecule has 2 heterocycles. The van der Waals surface area contributed by atoms with E-state index >= 15 is 0 Å². The molecule has 4 nitrogen and oxygen atoms in total. The van der Waals surface area contributed by atoms with Crippen LogP contribution in [0.1, 0.15) is 16.2 Å². The highest BCUT2D eigenvalue weighted by Crippen LogP contribution is 2.12. The molecule has 0 aliphatic heterocycles. The van der Waals surface area contributed by atoms with Crippen LogP contribution in [0.5, 0.6) is 0 Å². The average molecular weight is 354 g/mol. The predicted molar refractivity (Wildman–Crippen MR) is 101 cm³/mol. The van der Waals surface area contributed by atoms with Crippen molar-refractivity contribution in [2.24, 2.45) is 0 Å². The van der Waals surface area contributed by atoms with Gasteiger partial charge in [0.25, 0.3) is 0 Å². The van der Waals surface area contributed by atoms with Gasteiger partial charge in [0.1, 0.15) is 5.76 Å². The molecule has 0 unspecified atom stereocenters. The third-order valence-corrected chi connectivity index (χ3v) is 4.89. The minimum atomic E-state index is -0.0520. The molecule has 0 aliphatic carbocycles. The number of hydrogen-bond donors (Lipinski definition) is 1. The van der Waals surface area contributed by atoms with Gasteiger partial charge in [-0.25, -0.2) is 4.79 Å². The summed E-state index contributed by atoms with van der Waals surface area (Å²) >= 11 is 1.72. The van der Waals surface area contributed by atoms with Crippen molar-refractivity contribution in [3.63, 3.8) is 0 Å². The van der Waals surface area contributed by atoms with Crippen molar-refractivity contribution in [3.05, 3.63) is 82.4 Å². The number of hydrogen-bond acceptors (Lipinski definition) is 3. The van der Waals surface area contributed by atoms with Crippen LogP contribution in [0.15, 0.2) is 70.7 Å². The Morgan fingerprint density at radius 3 is 2.64 bits per heavy atom. The fourth-order valence-corrected chi connectivity index (χ4v) is 3.31. The number of nitrogens with one attached hydrogen (secondary N) is 1. The molecule has 25 heavy (non-hydrogen) atoms. The summed E-state index contributed by atoms with van der Waals surface area (Å²) < 4.78 is 5.41. The second-order valence-corrected chi connectivity index (χ2v) is 6.83. The normalized spacial score (nSPS) is 10.6. The van der Waals surface area contributed by atoms with Gasteiger partial charge in [-0.15, -0.1) is 11.3 Å². The number of nitrogens with zero attached hydrogens (tertiary/aromatic N) is 1. The minimum Gasteiger partial charge on any atom is -0.467 e. The maximum atomic E-state index is 12.6. The van der Waals surface area contributed by atoms with Crippen molar-refractivity contribution in [2.75, 3.05) is 13.1 Å². The lowest BCUT2D eigenvalue weighted by Crippen LogP contribution is -2.41. The molecule has 3 aromatic rings. The topological polar surface area (TPSA) is 45.5 Å². The number of thiophene rings is 1. The second kappa shape index (κ2) is 9.08. The highest BCUT2D eigenvalue weighted by atomic mass is 32.1. The maximum Gasteiger partial charge on any atom is 0.317 e. The summed E-state index contributed by atoms with van der Waals surface area (Å²) in [6.45, 7) is 1.77. The second-order valence-electron chi connectivity index (χ2n) is 5.80. The number of carbonyl (C=O) groups excluding carboxylic acids is 1. The molecule has 2 amide bonds. The van der Waals surface area contributed by atoms with Crippen LogP contribution in [0.2, 0.25) is 0 Å². The molecule has 0 radical (unpaired) electrons. The van der Waals surface area contributed by atoms with Crippen molar-refractivity contribution in [1.29, 1.82) is 0 Å². The van der Waals surface area contributed by atoms with Gasteiger partial charge in [-0.3, -0.25) is 0 Å². The lowest BCUT2D eigenvalue weighted by molar-refractivity contribution is 0.191. The molecule has 0 fully saturated rings. The first kappa shape index (κ1) is 17.3. The van der Waals surface area contributed by atoms with Crippen LogP contribution >= 0.6 is 11.3 Å². The summed E-state index contributed by atoms with van der Waals surface area (Å²) in [6.07, 6.45) is 3.32. The fourth-order valence-electron chi connectivity index (χ4n) is 2.61. The number of amides is 2. The van der Waals surface area contributed by atoms with E-state index in [1.807, 2.05) is 41.3 Å². The Labute approximate surface area is 152 Å². The Bertz CT molecular complexity index is 739. The number of urea groups is 1. The summed E-state index contributed by atoms with van der Waals surface area (Å²) in [4.78, 5) is 15.7. The van der Waals surface area contributed by atoms with Gasteiger partial charge in [0.05, 0.1) is 12.8 Å². The zero-order valence-electron chi connectivity index (χ0n) is 14.1. The zero-order valence-corrected chi connectivity index (χ0v) is 14.9. The van der Waals surface area contributed by atoms with Crippen LogP contribution in [-0.4, -0.2) is 24.0 Å². The predicted octanol–water partition coefficient (Wildman–Crippen LogP) is 4.34. The van der Waals surface area contributed by atoms with Crippen molar-refractivity contribution < 1.29 is 9.21 Å². The molecule has 130 valence electrons. The summed E-state index contributed by atoms with van der Waals surface area (Å²) in [5.41, 5.74) is 1.22. The lowest BCUT2D eigenvalue weighted by Gasteiger charge is -2.22. The van der Waals surface area contributed by atoms with Gasteiger partial charge in [-0.05, 0) is 42.0 Å². The molecule has 5 heteroatoms. The minimum absolute atomic E-state index is 0.0520. The molecular weight excluding hydrogens is 332 g/mol. The summed E-state index contributed by atoms with van der Waals surface area (Å²) in [5.74, 6) is 0.796. The van der Waals surface area contributed by atoms with E-state index < -0.39 is 0 Å². The van der Waals surface area contributed by atoms with Gasteiger partial charge in [-0.2, -0.15) is 0 Å². The van der Waals surface area contributed by atoms with Crippen LogP contribution in [-0.2, 0) is 19.4 Å². The van der Waals surface area contributed by atoms with Crippen LogP contribution in [0.4, 0.5) is 4.79 Å². The van der Waals surface area contributed by atoms with Crippen LogP contribution < -0.4 is 5.32 Å². The van der Waals surface area contributed by atoms with E-state index in [0.29, 0.717) is 19.6 Å². The van der Waals surface area contributed by atoms with Crippen LogP contribution in [0, 0.1) is 0 Å². The molecule has 1 aromatic carbocycles. The van der Waals surface area contributed by atoms with E-state index in [-0.39, 0.29) is 6.03 Å². The van der Waals surface area contributed by atoms with E-state index in [1.54, 1.807) is 17.6 Å². The van der Waals surface area contributed by atoms with E-state index in [0.717, 1.165) is 18.6 Å². The zero-order chi connectivity index (χ0) is 17.3. The molecule has 0 spiro atoms. The Morgan fingerprint density at radius 1 is 1.04 bits per heavy atom. The third kappa shape index (κ3) is 5.50. The van der Waals surface area contributed by atoms with Crippen molar-refractivity contribution in [3.8, 4) is 0 Å². The number of carbonyl (C=O) groups is 1. The van der Waals surface area contributed by atoms with Gasteiger partial charge in [0.2, 0.25) is 0 Å². The SMILES string of the molecule is O=C(NCCc1ccccc1)N(CCc1cccs1)Cc1ccco1. The van der Waals surface area contributed by atoms with E-state index in [2.05, 4.69) is 28.9 Å². The van der Waals surface area contributed by atoms with Gasteiger partial charge in [0.15, 0.2) is 0 Å². The molecule has 0 saturated heterocycles. The van der Waals surface area contributed by atoms with Crippen LogP contribution in [0.3, 0.4) is 0 Å². The van der Waals surface area contributed by atoms with Crippen molar-refractivity contribution in [1.82, 2.24) is 10.2 Å². The third-order valence-electron chi connectivity index (χ3n) is 3.95. The molecule has 0 atom stereocenters. The maximum absolute atomic E-state index is 12.6. The molecule has 0 saturated carbocycles. The Morgan fingerprint density at radius 2 is 1.92 bits per heavy atom. The molecule has 0 aliphatic rings. The molecule has 2 aromatic heterocycles. The largest absolute Gasteiger partial charge is 0.467 e. The fraction of sp³-hybridized carbons (Fsp3) is 0.250. The monoisotopic (exact) mass is 354 g/mol. The Hall–Kier alpha value is -2.53. The Kier molecular flexibility index (Phi) is 6.29. The summed E-state index contributed by atoms with van der Waals surface area (Å²) in [5, 5.41) is 5.08. The van der Waals surface area contributed by atoms with E-state index in [1.165, 1.54) is 10.4 Å². The van der Waals surface area contributed by atoms with Crippen molar-refractivity contribution >= 4 is 17.4 Å². The first-order valence-corrected chi connectivity index (χ1v) is 9.31. The smallest absolute Gasteiger partial charge is 0.317 e. The number of furan rings is 1. The quantitative estimate of drug-likeness (QED) is 0.654. The van der Waals surface area contributed by atoms with Gasteiger partial charge < -0.3 is 14.6 Å². The average Bonchev–Trinajstić information content (AvgIpc) is 3.33. The standard InChI is InChI=1S/C20H22N2O2S/c23-20(21-12-10-17-6-2-1-3-7-17)22(16-18-8-4-14-24-18)13-11-19-9-5-15-25-19/h1-9,14-15H,10-13,16H2,(H,21,23). The van der Waals surface area contributed by atoms with Gasteiger partial charge in [0, 0.05) is 18.0 Å². The Balaban J connectivity index is 1.54. The van der Waals surface area contributed by atoms with Crippen LogP contribution in [0.25, 0.3) is 0 Å². The summed E-state index contributed by atoms with van der Waals surface area (Å²) in [6, 6.07) is 18.0. The number of benzene rings is 1. The van der Waals surface area contributed by atoms with Gasteiger partial charge in [-0.1, -0.05) is 36.4 Å². The molecular formula is C20H22N2O2S. The first-order valence-electron chi connectivity index (χ1n) is 8.43. The molecule has 3 rings (SSSR count).